The summed E-state index contributed by atoms with van der Waals surface area (Å²) in [6, 6.07) is 21.9. The zero-order chi connectivity index (χ0) is 24.4. The van der Waals surface area contributed by atoms with E-state index in [4.69, 9.17) is 4.42 Å². The first-order valence-electron chi connectivity index (χ1n) is 10.8. The van der Waals surface area contributed by atoms with Gasteiger partial charge >= 0.3 is 0 Å². The predicted molar refractivity (Wildman–Crippen MR) is 131 cm³/mol. The molecule has 0 saturated carbocycles. The van der Waals surface area contributed by atoms with E-state index in [9.17, 15) is 9.59 Å². The number of benzene rings is 2. The van der Waals surface area contributed by atoms with E-state index in [2.05, 4.69) is 20.8 Å². The van der Waals surface area contributed by atoms with E-state index in [-0.39, 0.29) is 16.9 Å². The van der Waals surface area contributed by atoms with Gasteiger partial charge in [-0.15, -0.1) is 5.10 Å². The summed E-state index contributed by atoms with van der Waals surface area (Å²) in [5.74, 6) is 0.220. The Morgan fingerprint density at radius 1 is 1.00 bits per heavy atom. The molecule has 0 aliphatic rings. The molecule has 0 bridgehead atoms. The molecule has 2 aromatic carbocycles. The summed E-state index contributed by atoms with van der Waals surface area (Å²) >= 11 is 0. The van der Waals surface area contributed by atoms with Crippen LogP contribution in [-0.2, 0) is 11.8 Å². The molecule has 0 aliphatic heterocycles. The third-order valence-corrected chi connectivity index (χ3v) is 5.58. The van der Waals surface area contributed by atoms with Crippen LogP contribution < -0.4 is 10.9 Å². The molecule has 3 aromatic heterocycles. The predicted octanol–water partition coefficient (Wildman–Crippen LogP) is 3.37. The lowest BCUT2D eigenvalue weighted by Gasteiger charge is -2.10. The Balaban J connectivity index is 1.58. The number of hydrogen-bond donors (Lipinski definition) is 1. The molecule has 35 heavy (non-hydrogen) atoms. The van der Waals surface area contributed by atoms with Crippen LogP contribution >= 0.6 is 0 Å². The number of carbonyl (C=O) groups excluding carboxylic acids is 1. The van der Waals surface area contributed by atoms with Crippen LogP contribution in [0.4, 0.5) is 5.69 Å². The fourth-order valence-corrected chi connectivity index (χ4v) is 3.74. The van der Waals surface area contributed by atoms with Crippen molar-refractivity contribution in [3.8, 4) is 17.1 Å². The number of amides is 1. The van der Waals surface area contributed by atoms with Crippen LogP contribution in [0.1, 0.15) is 11.5 Å². The van der Waals surface area contributed by atoms with Gasteiger partial charge in [0.15, 0.2) is 5.82 Å². The molecule has 3 heterocycles. The molecule has 0 fully saturated rings. The lowest BCUT2D eigenvalue weighted by atomic mass is 10.2. The van der Waals surface area contributed by atoms with Gasteiger partial charge in [-0.2, -0.15) is 4.68 Å². The van der Waals surface area contributed by atoms with Gasteiger partial charge in [-0.1, -0.05) is 48.5 Å². The van der Waals surface area contributed by atoms with E-state index < -0.39 is 5.91 Å². The van der Waals surface area contributed by atoms with E-state index >= 15 is 0 Å². The standard InChI is InChI=1S/C25H21N7O3/c1-17-22(25(34)32(30(17)2)19-12-7-4-8-13-19)26-24(33)21(16-20-14-9-15-35-20)31-23(27-28-29-31)18-10-5-3-6-11-18/h3-16H,1-2H3,(H,26,33). The fraction of sp³-hybridized carbons (Fsp3) is 0.0800. The number of tetrazole rings is 1. The maximum absolute atomic E-state index is 13.6. The topological polar surface area (TPSA) is 113 Å². The van der Waals surface area contributed by atoms with Gasteiger partial charge in [-0.25, -0.2) is 4.68 Å². The zero-order valence-corrected chi connectivity index (χ0v) is 19.0. The highest BCUT2D eigenvalue weighted by atomic mass is 16.3. The average Bonchev–Trinajstić information content (AvgIpc) is 3.62. The quantitative estimate of drug-likeness (QED) is 0.383. The van der Waals surface area contributed by atoms with Gasteiger partial charge in [0.05, 0.1) is 17.6 Å². The number of rotatable bonds is 6. The van der Waals surface area contributed by atoms with E-state index in [1.165, 1.54) is 21.7 Å². The maximum Gasteiger partial charge on any atom is 0.295 e. The first kappa shape index (κ1) is 21.8. The minimum atomic E-state index is -0.572. The second-order valence-electron chi connectivity index (χ2n) is 7.72. The van der Waals surface area contributed by atoms with E-state index in [1.807, 2.05) is 60.7 Å². The summed E-state index contributed by atoms with van der Waals surface area (Å²) in [4.78, 5) is 26.9. The first-order valence-corrected chi connectivity index (χ1v) is 10.8. The number of aromatic nitrogens is 6. The van der Waals surface area contributed by atoms with Gasteiger partial charge in [0.25, 0.3) is 11.5 Å². The van der Waals surface area contributed by atoms with Crippen molar-refractivity contribution in [2.45, 2.75) is 6.92 Å². The summed E-state index contributed by atoms with van der Waals surface area (Å²) in [6.45, 7) is 1.76. The molecule has 174 valence electrons. The summed E-state index contributed by atoms with van der Waals surface area (Å²) < 4.78 is 9.93. The van der Waals surface area contributed by atoms with Crippen LogP contribution in [0.25, 0.3) is 28.8 Å². The van der Waals surface area contributed by atoms with Gasteiger partial charge in [0, 0.05) is 18.7 Å². The van der Waals surface area contributed by atoms with Crippen molar-refractivity contribution < 1.29 is 9.21 Å². The average molecular weight is 467 g/mol. The van der Waals surface area contributed by atoms with E-state index in [0.717, 1.165) is 5.56 Å². The third-order valence-electron chi connectivity index (χ3n) is 5.58. The number of para-hydroxylation sites is 1. The van der Waals surface area contributed by atoms with Crippen LogP contribution in [0.3, 0.4) is 0 Å². The third kappa shape index (κ3) is 4.08. The number of hydrogen-bond acceptors (Lipinski definition) is 6. The maximum atomic E-state index is 13.6. The molecule has 5 rings (SSSR count). The van der Waals surface area contributed by atoms with Crippen molar-refractivity contribution >= 4 is 23.4 Å². The van der Waals surface area contributed by atoms with E-state index in [0.29, 0.717) is 23.0 Å². The largest absolute Gasteiger partial charge is 0.465 e. The Morgan fingerprint density at radius 2 is 1.71 bits per heavy atom. The highest BCUT2D eigenvalue weighted by Crippen LogP contribution is 2.22. The molecule has 1 N–H and O–H groups in total. The Hall–Kier alpha value is -4.99. The molecule has 0 radical (unpaired) electrons. The Kier molecular flexibility index (Phi) is 5.68. The molecule has 10 nitrogen and oxygen atoms in total. The van der Waals surface area contributed by atoms with Crippen molar-refractivity contribution in [3.63, 3.8) is 0 Å². The van der Waals surface area contributed by atoms with Gasteiger partial charge in [0.2, 0.25) is 0 Å². The van der Waals surface area contributed by atoms with Gasteiger partial charge in [0.1, 0.15) is 17.1 Å². The smallest absolute Gasteiger partial charge is 0.295 e. The zero-order valence-electron chi connectivity index (χ0n) is 19.0. The molecular formula is C25H21N7O3. The summed E-state index contributed by atoms with van der Waals surface area (Å²) in [7, 11) is 1.76. The molecule has 10 heteroatoms. The van der Waals surface area contributed by atoms with Gasteiger partial charge in [-0.05, 0) is 41.6 Å². The van der Waals surface area contributed by atoms with Crippen LogP contribution in [-0.4, -0.2) is 35.5 Å². The molecular weight excluding hydrogens is 446 g/mol. The highest BCUT2D eigenvalue weighted by molar-refractivity contribution is 6.24. The van der Waals surface area contributed by atoms with Gasteiger partial charge in [-0.3, -0.25) is 14.3 Å². The molecule has 0 atom stereocenters. The molecule has 0 unspecified atom stereocenters. The minimum absolute atomic E-state index is 0.0812. The second kappa shape index (κ2) is 9.10. The number of carbonyl (C=O) groups is 1. The Labute approximate surface area is 199 Å². The van der Waals surface area contributed by atoms with Crippen molar-refractivity contribution in [3.05, 3.63) is 101 Å². The molecule has 5 aromatic rings. The SMILES string of the molecule is Cc1c(NC(=O)C(=Cc2ccco2)n2nnnc2-c2ccccc2)c(=O)n(-c2ccccc2)n1C. The molecule has 0 spiro atoms. The highest BCUT2D eigenvalue weighted by Gasteiger charge is 2.24. The van der Waals surface area contributed by atoms with E-state index in [1.54, 1.807) is 30.8 Å². The summed E-state index contributed by atoms with van der Waals surface area (Å²) in [5, 5.41) is 14.7. The van der Waals surface area contributed by atoms with Crippen LogP contribution in [0.15, 0.2) is 88.3 Å². The summed E-state index contributed by atoms with van der Waals surface area (Å²) in [6.07, 6.45) is 3.02. The fourth-order valence-electron chi connectivity index (χ4n) is 3.74. The van der Waals surface area contributed by atoms with Crippen LogP contribution in [0.2, 0.25) is 0 Å². The van der Waals surface area contributed by atoms with Crippen molar-refractivity contribution in [2.24, 2.45) is 7.05 Å². The monoisotopic (exact) mass is 467 g/mol. The lowest BCUT2D eigenvalue weighted by Crippen LogP contribution is -2.25. The first-order chi connectivity index (χ1) is 17.0. The molecule has 0 saturated heterocycles. The number of nitrogens with one attached hydrogen (secondary N) is 1. The van der Waals surface area contributed by atoms with Crippen molar-refractivity contribution in [1.82, 2.24) is 29.6 Å². The van der Waals surface area contributed by atoms with Crippen LogP contribution in [0, 0.1) is 6.92 Å². The molecule has 1 amide bonds. The Bertz CT molecular complexity index is 1560. The van der Waals surface area contributed by atoms with Crippen molar-refractivity contribution in [2.75, 3.05) is 5.32 Å². The number of furan rings is 1. The lowest BCUT2D eigenvalue weighted by molar-refractivity contribution is -0.111. The number of nitrogens with zero attached hydrogens (tertiary/aromatic N) is 6. The minimum Gasteiger partial charge on any atom is -0.465 e. The normalized spacial score (nSPS) is 11.5. The summed E-state index contributed by atoms with van der Waals surface area (Å²) in [5.41, 5.74) is 1.87. The second-order valence-corrected chi connectivity index (χ2v) is 7.72. The Morgan fingerprint density at radius 3 is 2.40 bits per heavy atom. The van der Waals surface area contributed by atoms with Crippen molar-refractivity contribution in [1.29, 1.82) is 0 Å². The van der Waals surface area contributed by atoms with Gasteiger partial charge < -0.3 is 9.73 Å². The molecule has 0 aliphatic carbocycles. The van der Waals surface area contributed by atoms with Crippen LogP contribution in [0.5, 0.6) is 0 Å². The number of anilines is 1.